The van der Waals surface area contributed by atoms with Gasteiger partial charge in [-0.15, -0.1) is 11.3 Å². The fourth-order valence-electron chi connectivity index (χ4n) is 3.51. The standard InChI is InChI=1S/C22H25N5O3S2/c1-3-22(4-2,19-14-31-21(25-19)27-32(29,30)17-9-10-17)26-20(28)16-7-5-15(6-8-16)18-13-23-11-12-24-18/h5-8,11-14,17H,3-4,9-10H2,1-2H3,(H,25,27)(H,26,28). The molecule has 0 saturated heterocycles. The van der Waals surface area contributed by atoms with Crippen molar-refractivity contribution in [3.05, 3.63) is 59.5 Å². The van der Waals surface area contributed by atoms with Crippen molar-refractivity contribution in [1.29, 1.82) is 0 Å². The molecule has 1 saturated carbocycles. The first-order valence-electron chi connectivity index (χ1n) is 10.5. The van der Waals surface area contributed by atoms with Crippen LogP contribution in [0, 0.1) is 0 Å². The van der Waals surface area contributed by atoms with Crippen molar-refractivity contribution < 1.29 is 13.2 Å². The normalized spacial score (nSPS) is 14.2. The van der Waals surface area contributed by atoms with Crippen LogP contribution in [-0.4, -0.2) is 34.5 Å². The molecule has 0 spiro atoms. The average molecular weight is 472 g/mol. The van der Waals surface area contributed by atoms with E-state index in [1.807, 2.05) is 31.4 Å². The molecule has 3 aromatic rings. The number of aromatic nitrogens is 3. The minimum atomic E-state index is -3.38. The van der Waals surface area contributed by atoms with E-state index in [-0.39, 0.29) is 11.2 Å². The molecule has 10 heteroatoms. The predicted molar refractivity (Wildman–Crippen MR) is 125 cm³/mol. The molecule has 0 unspecified atom stereocenters. The first kappa shape index (κ1) is 22.3. The molecule has 1 aromatic carbocycles. The molecular weight excluding hydrogens is 446 g/mol. The maximum Gasteiger partial charge on any atom is 0.252 e. The van der Waals surface area contributed by atoms with E-state index in [9.17, 15) is 13.2 Å². The van der Waals surface area contributed by atoms with Crippen molar-refractivity contribution in [2.24, 2.45) is 0 Å². The zero-order valence-corrected chi connectivity index (χ0v) is 19.5. The number of thiazole rings is 1. The highest BCUT2D eigenvalue weighted by atomic mass is 32.2. The number of rotatable bonds is 9. The lowest BCUT2D eigenvalue weighted by atomic mass is 9.89. The van der Waals surface area contributed by atoms with Crippen LogP contribution in [0.25, 0.3) is 11.3 Å². The van der Waals surface area contributed by atoms with Gasteiger partial charge in [-0.2, -0.15) is 0 Å². The van der Waals surface area contributed by atoms with Gasteiger partial charge in [-0.25, -0.2) is 13.4 Å². The van der Waals surface area contributed by atoms with Crippen LogP contribution in [0.3, 0.4) is 0 Å². The van der Waals surface area contributed by atoms with Crippen LogP contribution in [0.4, 0.5) is 5.13 Å². The van der Waals surface area contributed by atoms with Gasteiger partial charge in [0.25, 0.3) is 5.91 Å². The van der Waals surface area contributed by atoms with E-state index < -0.39 is 15.6 Å². The fourth-order valence-corrected chi connectivity index (χ4v) is 5.91. The van der Waals surface area contributed by atoms with E-state index >= 15 is 0 Å². The van der Waals surface area contributed by atoms with Crippen LogP contribution in [0.1, 0.15) is 55.6 Å². The Bertz CT molecular complexity index is 1190. The van der Waals surface area contributed by atoms with E-state index in [0.717, 1.165) is 11.3 Å². The topological polar surface area (TPSA) is 114 Å². The van der Waals surface area contributed by atoms with Crippen LogP contribution >= 0.6 is 11.3 Å². The van der Waals surface area contributed by atoms with Crippen molar-refractivity contribution >= 4 is 32.4 Å². The van der Waals surface area contributed by atoms with Crippen LogP contribution in [0.2, 0.25) is 0 Å². The number of anilines is 1. The minimum absolute atomic E-state index is 0.215. The van der Waals surface area contributed by atoms with Gasteiger partial charge in [0.2, 0.25) is 10.0 Å². The maximum absolute atomic E-state index is 13.1. The summed E-state index contributed by atoms with van der Waals surface area (Å²) in [5.41, 5.74) is 2.10. The molecular formula is C22H25N5O3S2. The molecule has 2 N–H and O–H groups in total. The van der Waals surface area contributed by atoms with Gasteiger partial charge in [0, 0.05) is 28.9 Å². The second kappa shape index (κ2) is 8.95. The summed E-state index contributed by atoms with van der Waals surface area (Å²) in [5, 5.41) is 4.96. The Hall–Kier alpha value is -2.85. The molecule has 0 bridgehead atoms. The number of carbonyl (C=O) groups is 1. The largest absolute Gasteiger partial charge is 0.341 e. The van der Waals surface area contributed by atoms with Gasteiger partial charge >= 0.3 is 0 Å². The quantitative estimate of drug-likeness (QED) is 0.488. The molecule has 1 aliphatic rings. The van der Waals surface area contributed by atoms with Crippen LogP contribution in [0.5, 0.6) is 0 Å². The number of nitrogens with one attached hydrogen (secondary N) is 2. The molecule has 32 heavy (non-hydrogen) atoms. The van der Waals surface area contributed by atoms with Crippen molar-refractivity contribution in [2.45, 2.75) is 50.3 Å². The number of amides is 1. The summed E-state index contributed by atoms with van der Waals surface area (Å²) in [6, 6.07) is 7.19. The van der Waals surface area contributed by atoms with E-state index in [4.69, 9.17) is 0 Å². The van der Waals surface area contributed by atoms with Gasteiger partial charge in [-0.1, -0.05) is 26.0 Å². The third-order valence-electron chi connectivity index (χ3n) is 5.75. The third kappa shape index (κ3) is 4.66. The Morgan fingerprint density at radius 2 is 1.88 bits per heavy atom. The Morgan fingerprint density at radius 1 is 1.16 bits per heavy atom. The molecule has 8 nitrogen and oxygen atoms in total. The Kier molecular flexibility index (Phi) is 6.25. The van der Waals surface area contributed by atoms with Crippen LogP contribution in [0.15, 0.2) is 48.2 Å². The second-order valence-electron chi connectivity index (χ2n) is 7.80. The molecule has 0 radical (unpaired) electrons. The molecule has 2 aromatic heterocycles. The van der Waals surface area contributed by atoms with Gasteiger partial charge in [0.05, 0.1) is 28.4 Å². The molecule has 0 atom stereocenters. The summed E-state index contributed by atoms with van der Waals surface area (Å²) in [4.78, 5) is 25.9. The number of hydrogen-bond donors (Lipinski definition) is 2. The van der Waals surface area contributed by atoms with Gasteiger partial charge in [-0.3, -0.25) is 19.5 Å². The zero-order chi connectivity index (χ0) is 22.8. The van der Waals surface area contributed by atoms with Crippen LogP contribution < -0.4 is 10.0 Å². The highest BCUT2D eigenvalue weighted by Crippen LogP contribution is 2.34. The van der Waals surface area contributed by atoms with E-state index in [2.05, 4.69) is 25.0 Å². The molecule has 4 rings (SSSR count). The molecule has 1 fully saturated rings. The lowest BCUT2D eigenvalue weighted by Gasteiger charge is -2.31. The maximum atomic E-state index is 13.1. The van der Waals surface area contributed by atoms with Gasteiger partial charge < -0.3 is 5.32 Å². The van der Waals surface area contributed by atoms with Crippen molar-refractivity contribution in [1.82, 2.24) is 20.3 Å². The van der Waals surface area contributed by atoms with Gasteiger partial charge in [0.15, 0.2) is 5.13 Å². The van der Waals surface area contributed by atoms with Gasteiger partial charge in [0.1, 0.15) is 0 Å². The Balaban J connectivity index is 1.52. The third-order valence-corrected chi connectivity index (χ3v) is 8.47. The molecule has 1 aliphatic carbocycles. The summed E-state index contributed by atoms with van der Waals surface area (Å²) in [6.07, 6.45) is 7.52. The molecule has 0 aliphatic heterocycles. The highest BCUT2D eigenvalue weighted by Gasteiger charge is 2.37. The van der Waals surface area contributed by atoms with E-state index in [1.54, 1.807) is 30.7 Å². The highest BCUT2D eigenvalue weighted by molar-refractivity contribution is 7.93. The summed E-state index contributed by atoms with van der Waals surface area (Å²) < 4.78 is 27.0. The smallest absolute Gasteiger partial charge is 0.252 e. The summed E-state index contributed by atoms with van der Waals surface area (Å²) in [5.74, 6) is -0.215. The van der Waals surface area contributed by atoms with Crippen molar-refractivity contribution in [3.63, 3.8) is 0 Å². The SMILES string of the molecule is CCC(CC)(NC(=O)c1ccc(-c2cnccn2)cc1)c1csc(NS(=O)(=O)C2CC2)n1. The first-order valence-corrected chi connectivity index (χ1v) is 13.0. The number of benzene rings is 1. The lowest BCUT2D eigenvalue weighted by Crippen LogP contribution is -2.45. The minimum Gasteiger partial charge on any atom is -0.341 e. The number of carbonyl (C=O) groups excluding carboxylic acids is 1. The fraction of sp³-hybridized carbons (Fsp3) is 0.364. The van der Waals surface area contributed by atoms with E-state index in [0.29, 0.717) is 42.1 Å². The van der Waals surface area contributed by atoms with Crippen molar-refractivity contribution in [3.8, 4) is 11.3 Å². The molecule has 168 valence electrons. The summed E-state index contributed by atoms with van der Waals surface area (Å²) in [7, 11) is -3.38. The zero-order valence-electron chi connectivity index (χ0n) is 17.9. The number of sulfonamides is 1. The Morgan fingerprint density at radius 3 is 2.47 bits per heavy atom. The van der Waals surface area contributed by atoms with Crippen LogP contribution in [-0.2, 0) is 15.6 Å². The number of hydrogen-bond acceptors (Lipinski definition) is 7. The summed E-state index contributed by atoms with van der Waals surface area (Å²) in [6.45, 7) is 3.96. The first-order chi connectivity index (χ1) is 15.4. The molecule has 1 amide bonds. The monoisotopic (exact) mass is 471 g/mol. The summed E-state index contributed by atoms with van der Waals surface area (Å²) >= 11 is 1.24. The molecule has 2 heterocycles. The van der Waals surface area contributed by atoms with E-state index in [1.165, 1.54) is 11.3 Å². The number of nitrogens with zero attached hydrogens (tertiary/aromatic N) is 3. The van der Waals surface area contributed by atoms with Crippen molar-refractivity contribution in [2.75, 3.05) is 4.72 Å². The predicted octanol–water partition coefficient (Wildman–Crippen LogP) is 3.95. The van der Waals surface area contributed by atoms with Gasteiger partial charge in [-0.05, 0) is 37.8 Å². The lowest BCUT2D eigenvalue weighted by molar-refractivity contribution is 0.0887. The average Bonchev–Trinajstić information content (AvgIpc) is 3.59. The second-order valence-corrected chi connectivity index (χ2v) is 10.6. The Labute approximate surface area is 191 Å².